The molecule has 2 heterocycles. The van der Waals surface area contributed by atoms with Crippen LogP contribution < -0.4 is 5.32 Å². The van der Waals surface area contributed by atoms with Gasteiger partial charge in [-0.3, -0.25) is 9.80 Å². The van der Waals surface area contributed by atoms with E-state index in [0.717, 1.165) is 6.04 Å². The van der Waals surface area contributed by atoms with Crippen LogP contribution >= 0.6 is 0 Å². The smallest absolute Gasteiger partial charge is 0.0223 e. The van der Waals surface area contributed by atoms with Crippen LogP contribution in [0.15, 0.2) is 0 Å². The number of nitrogens with zero attached hydrogens (tertiary/aromatic N) is 2. The maximum atomic E-state index is 3.71. The van der Waals surface area contributed by atoms with Crippen molar-refractivity contribution in [2.45, 2.75) is 70.9 Å². The number of rotatable bonds is 8. The molecule has 2 atom stereocenters. The number of hydrogen-bond donors (Lipinski definition) is 1. The third-order valence-corrected chi connectivity index (χ3v) is 5.08. The topological polar surface area (TPSA) is 18.5 Å². The van der Waals surface area contributed by atoms with Crippen LogP contribution in [0.2, 0.25) is 0 Å². The fourth-order valence-electron chi connectivity index (χ4n) is 3.70. The molecule has 3 nitrogen and oxygen atoms in total. The molecule has 118 valence electrons. The molecule has 0 spiro atoms. The highest BCUT2D eigenvalue weighted by atomic mass is 15.3. The van der Waals surface area contributed by atoms with E-state index in [2.05, 4.69) is 29.0 Å². The van der Waals surface area contributed by atoms with Crippen LogP contribution in [0.1, 0.15) is 58.8 Å². The van der Waals surface area contributed by atoms with Crippen LogP contribution in [0.3, 0.4) is 0 Å². The first-order chi connectivity index (χ1) is 9.79. The van der Waals surface area contributed by atoms with Gasteiger partial charge in [0, 0.05) is 44.8 Å². The molecule has 2 fully saturated rings. The zero-order chi connectivity index (χ0) is 14.2. The van der Waals surface area contributed by atoms with Gasteiger partial charge >= 0.3 is 0 Å². The number of fused-ring (bicyclic) bond motifs is 1. The molecule has 3 heteroatoms. The zero-order valence-electron chi connectivity index (χ0n) is 13.7. The normalized spacial score (nSPS) is 26.4. The van der Waals surface area contributed by atoms with E-state index in [-0.39, 0.29) is 0 Å². The van der Waals surface area contributed by atoms with Crippen LogP contribution in [-0.2, 0) is 0 Å². The van der Waals surface area contributed by atoms with Crippen molar-refractivity contribution in [1.29, 1.82) is 0 Å². The number of piperazine rings is 1. The van der Waals surface area contributed by atoms with Crippen molar-refractivity contribution in [2.75, 3.05) is 39.3 Å². The van der Waals surface area contributed by atoms with Crippen molar-refractivity contribution >= 4 is 0 Å². The number of hydrogen-bond acceptors (Lipinski definition) is 3. The molecule has 0 aromatic rings. The van der Waals surface area contributed by atoms with E-state index in [1.165, 1.54) is 84.2 Å². The molecule has 1 N–H and O–H groups in total. The second kappa shape index (κ2) is 9.01. The van der Waals surface area contributed by atoms with Gasteiger partial charge in [-0.25, -0.2) is 0 Å². The van der Waals surface area contributed by atoms with Gasteiger partial charge in [-0.2, -0.15) is 0 Å². The first kappa shape index (κ1) is 16.3. The van der Waals surface area contributed by atoms with Crippen LogP contribution in [0.25, 0.3) is 0 Å². The molecule has 2 aliphatic rings. The van der Waals surface area contributed by atoms with Gasteiger partial charge in [-0.15, -0.1) is 0 Å². The lowest BCUT2D eigenvalue weighted by Gasteiger charge is -2.44. The lowest BCUT2D eigenvalue weighted by molar-refractivity contribution is 0.0497. The van der Waals surface area contributed by atoms with Gasteiger partial charge in [0.05, 0.1) is 0 Å². The molecule has 20 heavy (non-hydrogen) atoms. The second-order valence-corrected chi connectivity index (χ2v) is 6.84. The van der Waals surface area contributed by atoms with E-state index in [4.69, 9.17) is 0 Å². The van der Waals surface area contributed by atoms with Gasteiger partial charge in [0.15, 0.2) is 0 Å². The largest absolute Gasteiger partial charge is 0.313 e. The Bertz CT molecular complexity index is 257. The molecule has 0 bridgehead atoms. The second-order valence-electron chi connectivity index (χ2n) is 6.84. The van der Waals surface area contributed by atoms with Crippen LogP contribution in [0, 0.1) is 0 Å². The Kier molecular flexibility index (Phi) is 7.32. The molecule has 0 saturated carbocycles. The minimum atomic E-state index is 0.692. The summed E-state index contributed by atoms with van der Waals surface area (Å²) in [6, 6.07) is 1.55. The summed E-state index contributed by atoms with van der Waals surface area (Å²) in [5.74, 6) is 0. The number of nitrogens with one attached hydrogen (secondary N) is 1. The Labute approximate surface area is 126 Å². The van der Waals surface area contributed by atoms with Gasteiger partial charge in [-0.05, 0) is 32.7 Å². The Hall–Kier alpha value is -0.120. The molecular weight excluding hydrogens is 246 g/mol. The lowest BCUT2D eigenvalue weighted by Crippen LogP contribution is -2.55. The van der Waals surface area contributed by atoms with Gasteiger partial charge in [0.2, 0.25) is 0 Å². The summed E-state index contributed by atoms with van der Waals surface area (Å²) in [6.45, 7) is 12.3. The summed E-state index contributed by atoms with van der Waals surface area (Å²) in [5, 5.41) is 3.71. The fraction of sp³-hybridized carbons (Fsp3) is 1.00. The fourth-order valence-corrected chi connectivity index (χ4v) is 3.70. The van der Waals surface area contributed by atoms with Crippen molar-refractivity contribution in [2.24, 2.45) is 0 Å². The molecule has 0 amide bonds. The van der Waals surface area contributed by atoms with Gasteiger partial charge in [0.1, 0.15) is 0 Å². The third-order valence-electron chi connectivity index (χ3n) is 5.08. The summed E-state index contributed by atoms with van der Waals surface area (Å²) in [7, 11) is 0. The Morgan fingerprint density at radius 3 is 2.90 bits per heavy atom. The standard InChI is InChI=1S/C17H35N3/c1-3-4-5-8-16(2)18-10-12-19-13-14-20-11-7-6-9-17(20)15-19/h16-18H,3-15H2,1-2H3. The summed E-state index contributed by atoms with van der Waals surface area (Å²) in [6.07, 6.45) is 9.73. The number of piperidine rings is 1. The van der Waals surface area contributed by atoms with E-state index in [9.17, 15) is 0 Å². The molecule has 2 unspecified atom stereocenters. The highest BCUT2D eigenvalue weighted by Crippen LogP contribution is 2.20. The van der Waals surface area contributed by atoms with Crippen LogP contribution in [-0.4, -0.2) is 61.2 Å². The van der Waals surface area contributed by atoms with E-state index in [1.807, 2.05) is 0 Å². The molecule has 0 aromatic carbocycles. The maximum absolute atomic E-state index is 3.71. The van der Waals surface area contributed by atoms with E-state index in [0.29, 0.717) is 6.04 Å². The molecule has 2 saturated heterocycles. The predicted molar refractivity (Wildman–Crippen MR) is 87.3 cm³/mol. The summed E-state index contributed by atoms with van der Waals surface area (Å²) < 4.78 is 0. The molecule has 0 aliphatic carbocycles. The van der Waals surface area contributed by atoms with Crippen molar-refractivity contribution in [3.05, 3.63) is 0 Å². The Balaban J connectivity index is 1.55. The summed E-state index contributed by atoms with van der Waals surface area (Å²) >= 11 is 0. The zero-order valence-corrected chi connectivity index (χ0v) is 13.7. The molecule has 0 radical (unpaired) electrons. The van der Waals surface area contributed by atoms with E-state index in [1.54, 1.807) is 0 Å². The minimum absolute atomic E-state index is 0.692. The average molecular weight is 281 g/mol. The van der Waals surface area contributed by atoms with Crippen molar-refractivity contribution < 1.29 is 0 Å². The first-order valence-corrected chi connectivity index (χ1v) is 8.99. The van der Waals surface area contributed by atoms with Crippen molar-refractivity contribution in [3.63, 3.8) is 0 Å². The van der Waals surface area contributed by atoms with Crippen molar-refractivity contribution in [3.8, 4) is 0 Å². The van der Waals surface area contributed by atoms with Crippen LogP contribution in [0.4, 0.5) is 0 Å². The Morgan fingerprint density at radius 2 is 2.05 bits per heavy atom. The van der Waals surface area contributed by atoms with Gasteiger partial charge in [0.25, 0.3) is 0 Å². The molecule has 2 aliphatic heterocycles. The monoisotopic (exact) mass is 281 g/mol. The quantitative estimate of drug-likeness (QED) is 0.690. The summed E-state index contributed by atoms with van der Waals surface area (Å²) in [4.78, 5) is 5.40. The average Bonchev–Trinajstić information content (AvgIpc) is 2.47. The predicted octanol–water partition coefficient (Wildman–Crippen LogP) is 2.71. The van der Waals surface area contributed by atoms with E-state index < -0.39 is 0 Å². The highest BCUT2D eigenvalue weighted by Gasteiger charge is 2.28. The van der Waals surface area contributed by atoms with Gasteiger partial charge < -0.3 is 5.32 Å². The Morgan fingerprint density at radius 1 is 1.15 bits per heavy atom. The van der Waals surface area contributed by atoms with E-state index >= 15 is 0 Å². The lowest BCUT2D eigenvalue weighted by atomic mass is 9.99. The highest BCUT2D eigenvalue weighted by molar-refractivity contribution is 4.85. The molecular formula is C17H35N3. The van der Waals surface area contributed by atoms with Crippen LogP contribution in [0.5, 0.6) is 0 Å². The molecule has 2 rings (SSSR count). The molecule has 0 aromatic heterocycles. The first-order valence-electron chi connectivity index (χ1n) is 8.99. The SMILES string of the molecule is CCCCCC(C)NCCN1CCN2CCCCC2C1. The summed E-state index contributed by atoms with van der Waals surface area (Å²) in [5.41, 5.74) is 0. The van der Waals surface area contributed by atoms with Crippen molar-refractivity contribution in [1.82, 2.24) is 15.1 Å². The third kappa shape index (κ3) is 5.34. The van der Waals surface area contributed by atoms with Gasteiger partial charge in [-0.1, -0.05) is 32.6 Å². The number of unbranched alkanes of at least 4 members (excludes halogenated alkanes) is 2. The minimum Gasteiger partial charge on any atom is -0.313 e. The maximum Gasteiger partial charge on any atom is 0.0223 e.